The number of amides is 2. The lowest BCUT2D eigenvalue weighted by molar-refractivity contribution is -0.125. The molecule has 0 spiro atoms. The summed E-state index contributed by atoms with van der Waals surface area (Å²) in [7, 11) is 1.53. The van der Waals surface area contributed by atoms with Gasteiger partial charge in [0.15, 0.2) is 0 Å². The number of nitrogens with zero attached hydrogens (tertiary/aromatic N) is 1. The molecule has 1 aromatic carbocycles. The van der Waals surface area contributed by atoms with Gasteiger partial charge in [-0.05, 0) is 31.4 Å². The van der Waals surface area contributed by atoms with Crippen LogP contribution in [-0.4, -0.2) is 29.9 Å². The molecule has 2 atom stereocenters. The number of methoxy groups -OCH3 is 1. The van der Waals surface area contributed by atoms with Gasteiger partial charge < -0.3 is 15.4 Å². The first-order chi connectivity index (χ1) is 13.1. The van der Waals surface area contributed by atoms with E-state index in [1.807, 2.05) is 31.2 Å². The van der Waals surface area contributed by atoms with Crippen LogP contribution in [0.4, 0.5) is 0 Å². The van der Waals surface area contributed by atoms with Crippen molar-refractivity contribution in [3.05, 3.63) is 59.3 Å². The number of hydrogen-bond donors (Lipinski definition) is 2. The second-order valence-corrected chi connectivity index (χ2v) is 6.91. The highest BCUT2D eigenvalue weighted by molar-refractivity contribution is 5.94. The SMILES string of the molecule is COc1ccc(C(=O)N[C@@H]2CCC[C@@H]2C(=O)NCc2ccc(C)cc2)cn1. The van der Waals surface area contributed by atoms with Gasteiger partial charge in [0.1, 0.15) is 0 Å². The zero-order valence-corrected chi connectivity index (χ0v) is 15.7. The lowest BCUT2D eigenvalue weighted by atomic mass is 10.0. The van der Waals surface area contributed by atoms with Crippen LogP contribution in [-0.2, 0) is 11.3 Å². The second-order valence-electron chi connectivity index (χ2n) is 6.91. The van der Waals surface area contributed by atoms with Gasteiger partial charge in [-0.1, -0.05) is 36.2 Å². The van der Waals surface area contributed by atoms with E-state index in [1.165, 1.54) is 18.9 Å². The predicted molar refractivity (Wildman–Crippen MR) is 102 cm³/mol. The highest BCUT2D eigenvalue weighted by atomic mass is 16.5. The Morgan fingerprint density at radius 1 is 1.15 bits per heavy atom. The molecule has 1 saturated carbocycles. The van der Waals surface area contributed by atoms with Crippen LogP contribution in [0.25, 0.3) is 0 Å². The van der Waals surface area contributed by atoms with Crippen molar-refractivity contribution in [1.29, 1.82) is 0 Å². The van der Waals surface area contributed by atoms with Crippen LogP contribution in [0.15, 0.2) is 42.6 Å². The van der Waals surface area contributed by atoms with E-state index in [9.17, 15) is 9.59 Å². The molecule has 0 aliphatic heterocycles. The van der Waals surface area contributed by atoms with Gasteiger partial charge in [-0.2, -0.15) is 0 Å². The lowest BCUT2D eigenvalue weighted by Gasteiger charge is -2.20. The van der Waals surface area contributed by atoms with Gasteiger partial charge in [0.25, 0.3) is 5.91 Å². The van der Waals surface area contributed by atoms with E-state index in [-0.39, 0.29) is 23.8 Å². The molecule has 2 amide bonds. The molecule has 3 rings (SSSR count). The summed E-state index contributed by atoms with van der Waals surface area (Å²) in [6.45, 7) is 2.53. The molecule has 1 aliphatic rings. The Kier molecular flexibility index (Phi) is 6.06. The van der Waals surface area contributed by atoms with E-state index >= 15 is 0 Å². The Hall–Kier alpha value is -2.89. The van der Waals surface area contributed by atoms with Crippen LogP contribution in [0.2, 0.25) is 0 Å². The molecule has 1 heterocycles. The molecule has 1 aromatic heterocycles. The molecule has 0 radical (unpaired) electrons. The van der Waals surface area contributed by atoms with E-state index in [1.54, 1.807) is 12.1 Å². The molecule has 142 valence electrons. The Balaban J connectivity index is 1.56. The third-order valence-corrected chi connectivity index (χ3v) is 4.96. The fourth-order valence-electron chi connectivity index (χ4n) is 3.36. The first kappa shape index (κ1) is 18.9. The fourth-order valence-corrected chi connectivity index (χ4v) is 3.36. The number of ether oxygens (including phenoxy) is 1. The smallest absolute Gasteiger partial charge is 0.253 e. The molecule has 2 N–H and O–H groups in total. The number of pyridine rings is 1. The molecule has 2 aromatic rings. The van der Waals surface area contributed by atoms with Gasteiger partial charge in [-0.15, -0.1) is 0 Å². The molecule has 1 fully saturated rings. The number of hydrogen-bond acceptors (Lipinski definition) is 4. The van der Waals surface area contributed by atoms with Crippen molar-refractivity contribution in [3.63, 3.8) is 0 Å². The van der Waals surface area contributed by atoms with Crippen LogP contribution in [0.5, 0.6) is 5.88 Å². The molecule has 1 aliphatic carbocycles. The van der Waals surface area contributed by atoms with Gasteiger partial charge in [0.2, 0.25) is 11.8 Å². The quantitative estimate of drug-likeness (QED) is 0.822. The number of rotatable bonds is 6. The Morgan fingerprint density at radius 3 is 2.59 bits per heavy atom. The molecular weight excluding hydrogens is 342 g/mol. The predicted octanol–water partition coefficient (Wildman–Crippen LogP) is 2.61. The first-order valence-electron chi connectivity index (χ1n) is 9.21. The second kappa shape index (κ2) is 8.66. The number of aromatic nitrogens is 1. The number of benzene rings is 1. The number of nitrogens with one attached hydrogen (secondary N) is 2. The average Bonchev–Trinajstić information content (AvgIpc) is 3.15. The maximum absolute atomic E-state index is 12.6. The van der Waals surface area contributed by atoms with Gasteiger partial charge in [-0.25, -0.2) is 4.98 Å². The summed E-state index contributed by atoms with van der Waals surface area (Å²) in [6.07, 6.45) is 3.99. The maximum Gasteiger partial charge on any atom is 0.253 e. The van der Waals surface area contributed by atoms with Crippen LogP contribution >= 0.6 is 0 Å². The Labute approximate surface area is 159 Å². The van der Waals surface area contributed by atoms with Crippen LogP contribution < -0.4 is 15.4 Å². The van der Waals surface area contributed by atoms with Gasteiger partial charge >= 0.3 is 0 Å². The van der Waals surface area contributed by atoms with Crippen molar-refractivity contribution in [1.82, 2.24) is 15.6 Å². The fraction of sp³-hybridized carbons (Fsp3) is 0.381. The highest BCUT2D eigenvalue weighted by Crippen LogP contribution is 2.26. The number of aryl methyl sites for hydroxylation is 1. The molecule has 6 heteroatoms. The van der Waals surface area contributed by atoms with Crippen molar-refractivity contribution >= 4 is 11.8 Å². The van der Waals surface area contributed by atoms with E-state index in [0.29, 0.717) is 18.0 Å². The summed E-state index contributed by atoms with van der Waals surface area (Å²) in [6, 6.07) is 11.3. The third kappa shape index (κ3) is 4.84. The summed E-state index contributed by atoms with van der Waals surface area (Å²) >= 11 is 0. The maximum atomic E-state index is 12.6. The van der Waals surface area contributed by atoms with Crippen molar-refractivity contribution in [2.45, 2.75) is 38.8 Å². The zero-order chi connectivity index (χ0) is 19.2. The summed E-state index contributed by atoms with van der Waals surface area (Å²) in [5, 5.41) is 5.99. The molecule has 0 bridgehead atoms. The molecular formula is C21H25N3O3. The molecule has 27 heavy (non-hydrogen) atoms. The van der Waals surface area contributed by atoms with E-state index in [0.717, 1.165) is 24.8 Å². The summed E-state index contributed by atoms with van der Waals surface area (Å²) in [5.74, 6) is 0.0333. The minimum atomic E-state index is -0.214. The molecule has 0 saturated heterocycles. The largest absolute Gasteiger partial charge is 0.481 e. The summed E-state index contributed by atoms with van der Waals surface area (Å²) < 4.78 is 5.00. The third-order valence-electron chi connectivity index (χ3n) is 4.96. The minimum Gasteiger partial charge on any atom is -0.481 e. The molecule has 0 unspecified atom stereocenters. The monoisotopic (exact) mass is 367 g/mol. The van der Waals surface area contributed by atoms with E-state index in [2.05, 4.69) is 15.6 Å². The summed E-state index contributed by atoms with van der Waals surface area (Å²) in [5.41, 5.74) is 2.72. The van der Waals surface area contributed by atoms with Gasteiger partial charge in [-0.3, -0.25) is 9.59 Å². The zero-order valence-electron chi connectivity index (χ0n) is 15.7. The van der Waals surface area contributed by atoms with Crippen molar-refractivity contribution in [2.24, 2.45) is 5.92 Å². The van der Waals surface area contributed by atoms with Gasteiger partial charge in [0.05, 0.1) is 18.6 Å². The normalized spacial score (nSPS) is 18.7. The van der Waals surface area contributed by atoms with Crippen LogP contribution in [0.1, 0.15) is 40.7 Å². The minimum absolute atomic E-state index is 0.00812. The van der Waals surface area contributed by atoms with Crippen molar-refractivity contribution < 1.29 is 14.3 Å². The van der Waals surface area contributed by atoms with E-state index < -0.39 is 0 Å². The first-order valence-corrected chi connectivity index (χ1v) is 9.21. The van der Waals surface area contributed by atoms with Crippen molar-refractivity contribution in [2.75, 3.05) is 7.11 Å². The van der Waals surface area contributed by atoms with Crippen LogP contribution in [0, 0.1) is 12.8 Å². The Bertz CT molecular complexity index is 787. The van der Waals surface area contributed by atoms with Crippen LogP contribution in [0.3, 0.4) is 0 Å². The standard InChI is InChI=1S/C21H25N3O3/c1-14-6-8-15(9-7-14)12-23-21(26)17-4-3-5-18(17)24-20(25)16-10-11-19(27-2)22-13-16/h6-11,13,17-18H,3-5,12H2,1-2H3,(H,23,26)(H,24,25)/t17-,18+/m0/s1. The summed E-state index contributed by atoms with van der Waals surface area (Å²) in [4.78, 5) is 29.1. The number of carbonyl (C=O) groups is 2. The lowest BCUT2D eigenvalue weighted by Crippen LogP contribution is -2.43. The van der Waals surface area contributed by atoms with Crippen molar-refractivity contribution in [3.8, 4) is 5.88 Å². The van der Waals surface area contributed by atoms with Gasteiger partial charge in [0, 0.05) is 24.8 Å². The average molecular weight is 367 g/mol. The topological polar surface area (TPSA) is 80.3 Å². The highest BCUT2D eigenvalue weighted by Gasteiger charge is 2.34. The van der Waals surface area contributed by atoms with E-state index in [4.69, 9.17) is 4.74 Å². The Morgan fingerprint density at radius 2 is 1.93 bits per heavy atom. The number of carbonyl (C=O) groups excluding carboxylic acids is 2. The molecule has 6 nitrogen and oxygen atoms in total.